The van der Waals surface area contributed by atoms with Crippen molar-refractivity contribution in [1.29, 1.82) is 0 Å². The summed E-state index contributed by atoms with van der Waals surface area (Å²) >= 11 is 3.54. The Balaban J connectivity index is 2.15. The molecule has 6 heteroatoms. The van der Waals surface area contributed by atoms with Crippen LogP contribution in [0.25, 0.3) is 0 Å². The van der Waals surface area contributed by atoms with Crippen LogP contribution in [0.5, 0.6) is 0 Å². The van der Waals surface area contributed by atoms with Crippen LogP contribution >= 0.6 is 15.9 Å². The predicted molar refractivity (Wildman–Crippen MR) is 76.0 cm³/mol. The van der Waals surface area contributed by atoms with Gasteiger partial charge in [-0.15, -0.1) is 0 Å². The van der Waals surface area contributed by atoms with E-state index in [1.54, 1.807) is 6.33 Å². The normalized spacial score (nSPS) is 23.7. The predicted octanol–water partition coefficient (Wildman–Crippen LogP) is 2.65. The number of nitrogens with one attached hydrogen (secondary N) is 2. The molecule has 0 spiro atoms. The Morgan fingerprint density at radius 3 is 2.89 bits per heavy atom. The third kappa shape index (κ3) is 3.11. The summed E-state index contributed by atoms with van der Waals surface area (Å²) in [6.07, 6.45) is 3.73. The molecular formula is C12H19BrN4O. The highest BCUT2D eigenvalue weighted by atomic mass is 79.9. The molecular weight excluding hydrogens is 296 g/mol. The molecule has 1 saturated heterocycles. The Labute approximate surface area is 116 Å². The lowest BCUT2D eigenvalue weighted by Crippen LogP contribution is -2.43. The van der Waals surface area contributed by atoms with Gasteiger partial charge in [0, 0.05) is 13.2 Å². The third-order valence-electron chi connectivity index (χ3n) is 2.99. The van der Waals surface area contributed by atoms with Crippen molar-refractivity contribution in [3.05, 3.63) is 10.8 Å². The number of hydrogen-bond donors (Lipinski definition) is 2. The number of ether oxygens (including phenoxy) is 1. The molecule has 1 unspecified atom stereocenters. The van der Waals surface area contributed by atoms with Crippen LogP contribution in [0.3, 0.4) is 0 Å². The molecule has 18 heavy (non-hydrogen) atoms. The number of halogens is 1. The molecule has 100 valence electrons. The van der Waals surface area contributed by atoms with Crippen LogP contribution < -0.4 is 10.6 Å². The van der Waals surface area contributed by atoms with E-state index >= 15 is 0 Å². The van der Waals surface area contributed by atoms with Crippen molar-refractivity contribution >= 4 is 27.6 Å². The summed E-state index contributed by atoms with van der Waals surface area (Å²) < 4.78 is 6.41. The van der Waals surface area contributed by atoms with Gasteiger partial charge >= 0.3 is 0 Å². The minimum Gasteiger partial charge on any atom is -0.379 e. The van der Waals surface area contributed by atoms with Crippen LogP contribution in [0.2, 0.25) is 0 Å². The molecule has 2 N–H and O–H groups in total. The average molecular weight is 315 g/mol. The molecule has 5 nitrogen and oxygen atoms in total. The van der Waals surface area contributed by atoms with Gasteiger partial charge in [-0.3, -0.25) is 0 Å². The van der Waals surface area contributed by atoms with Gasteiger partial charge in [0.1, 0.15) is 22.4 Å². The second kappa shape index (κ2) is 5.84. The van der Waals surface area contributed by atoms with Crippen molar-refractivity contribution in [2.24, 2.45) is 0 Å². The first kappa shape index (κ1) is 13.5. The summed E-state index contributed by atoms with van der Waals surface area (Å²) in [6.45, 7) is 6.59. The summed E-state index contributed by atoms with van der Waals surface area (Å²) in [4.78, 5) is 8.50. The number of rotatable bonds is 4. The molecule has 1 aromatic rings. The minimum atomic E-state index is -0.0569. The van der Waals surface area contributed by atoms with E-state index in [-0.39, 0.29) is 5.54 Å². The van der Waals surface area contributed by atoms with Gasteiger partial charge in [0.2, 0.25) is 0 Å². The zero-order valence-corrected chi connectivity index (χ0v) is 12.4. The SMILES string of the molecule is CCNc1ncnc(NC2(C)CCCOC2)c1Br. The smallest absolute Gasteiger partial charge is 0.146 e. The van der Waals surface area contributed by atoms with Gasteiger partial charge in [-0.25, -0.2) is 9.97 Å². The Bertz CT molecular complexity index is 407. The zero-order chi connectivity index (χ0) is 13.0. The number of anilines is 2. The van der Waals surface area contributed by atoms with Gasteiger partial charge in [0.05, 0.1) is 12.1 Å². The van der Waals surface area contributed by atoms with Crippen molar-refractivity contribution in [3.63, 3.8) is 0 Å². The summed E-state index contributed by atoms with van der Waals surface area (Å²) in [5.41, 5.74) is -0.0569. The van der Waals surface area contributed by atoms with Crippen LogP contribution in [0, 0.1) is 0 Å². The number of hydrogen-bond acceptors (Lipinski definition) is 5. The molecule has 1 atom stereocenters. The van der Waals surface area contributed by atoms with Crippen LogP contribution in [-0.2, 0) is 4.74 Å². The van der Waals surface area contributed by atoms with E-state index < -0.39 is 0 Å². The molecule has 2 rings (SSSR count). The highest BCUT2D eigenvalue weighted by molar-refractivity contribution is 9.10. The van der Waals surface area contributed by atoms with E-state index in [1.165, 1.54) is 0 Å². The van der Waals surface area contributed by atoms with Gasteiger partial charge in [0.15, 0.2) is 0 Å². The molecule has 2 heterocycles. The second-order valence-corrected chi connectivity index (χ2v) is 5.55. The lowest BCUT2D eigenvalue weighted by atomic mass is 9.95. The zero-order valence-electron chi connectivity index (χ0n) is 10.8. The standard InChI is InChI=1S/C12H19BrN4O/c1-3-14-10-9(13)11(16-8-15-10)17-12(2)5-4-6-18-7-12/h8H,3-7H2,1-2H3,(H2,14,15,16,17). The minimum absolute atomic E-state index is 0.0569. The number of nitrogens with zero attached hydrogens (tertiary/aromatic N) is 2. The fourth-order valence-corrected chi connectivity index (χ4v) is 2.51. The molecule has 0 aliphatic carbocycles. The Kier molecular flexibility index (Phi) is 4.40. The van der Waals surface area contributed by atoms with Gasteiger partial charge in [0.25, 0.3) is 0 Å². The lowest BCUT2D eigenvalue weighted by molar-refractivity contribution is 0.0538. The molecule has 0 amide bonds. The van der Waals surface area contributed by atoms with Gasteiger partial charge in [-0.05, 0) is 42.6 Å². The van der Waals surface area contributed by atoms with Gasteiger partial charge in [-0.1, -0.05) is 0 Å². The van der Waals surface area contributed by atoms with E-state index in [4.69, 9.17) is 4.74 Å². The summed E-state index contributed by atoms with van der Waals surface area (Å²) in [5.74, 6) is 1.63. The monoisotopic (exact) mass is 314 g/mol. The van der Waals surface area contributed by atoms with Crippen LogP contribution in [-0.4, -0.2) is 35.3 Å². The highest BCUT2D eigenvalue weighted by Gasteiger charge is 2.28. The van der Waals surface area contributed by atoms with Crippen molar-refractivity contribution in [3.8, 4) is 0 Å². The van der Waals surface area contributed by atoms with Gasteiger partial charge in [-0.2, -0.15) is 0 Å². The molecule has 0 radical (unpaired) electrons. The largest absolute Gasteiger partial charge is 0.379 e. The van der Waals surface area contributed by atoms with E-state index in [0.717, 1.165) is 42.1 Å². The third-order valence-corrected chi connectivity index (χ3v) is 3.74. The van der Waals surface area contributed by atoms with Crippen molar-refractivity contribution in [2.75, 3.05) is 30.4 Å². The fraction of sp³-hybridized carbons (Fsp3) is 0.667. The van der Waals surface area contributed by atoms with E-state index in [1.807, 2.05) is 6.92 Å². The Morgan fingerprint density at radius 2 is 2.22 bits per heavy atom. The topological polar surface area (TPSA) is 59.1 Å². The van der Waals surface area contributed by atoms with Crippen LogP contribution in [0.15, 0.2) is 10.8 Å². The van der Waals surface area contributed by atoms with Crippen LogP contribution in [0.4, 0.5) is 11.6 Å². The quantitative estimate of drug-likeness (QED) is 0.894. The Hall–Kier alpha value is -0.880. The van der Waals surface area contributed by atoms with Gasteiger partial charge < -0.3 is 15.4 Å². The van der Waals surface area contributed by atoms with Crippen LogP contribution in [0.1, 0.15) is 26.7 Å². The van der Waals surface area contributed by atoms with Crippen molar-refractivity contribution in [1.82, 2.24) is 9.97 Å². The van der Waals surface area contributed by atoms with E-state index in [2.05, 4.69) is 43.5 Å². The average Bonchev–Trinajstić information content (AvgIpc) is 2.35. The fourth-order valence-electron chi connectivity index (χ4n) is 2.07. The van der Waals surface area contributed by atoms with E-state index in [0.29, 0.717) is 6.61 Å². The molecule has 1 aliphatic rings. The maximum atomic E-state index is 5.54. The second-order valence-electron chi connectivity index (χ2n) is 4.76. The molecule has 0 bridgehead atoms. The first-order valence-corrected chi connectivity index (χ1v) is 7.04. The maximum absolute atomic E-state index is 5.54. The summed E-state index contributed by atoms with van der Waals surface area (Å²) in [6, 6.07) is 0. The number of aromatic nitrogens is 2. The lowest BCUT2D eigenvalue weighted by Gasteiger charge is -2.35. The summed E-state index contributed by atoms with van der Waals surface area (Å²) in [7, 11) is 0. The summed E-state index contributed by atoms with van der Waals surface area (Å²) in [5, 5.41) is 6.66. The highest BCUT2D eigenvalue weighted by Crippen LogP contribution is 2.30. The maximum Gasteiger partial charge on any atom is 0.146 e. The molecule has 0 saturated carbocycles. The molecule has 1 aromatic heterocycles. The first-order valence-electron chi connectivity index (χ1n) is 6.25. The molecule has 0 aromatic carbocycles. The molecule has 1 fully saturated rings. The Morgan fingerprint density at radius 1 is 1.44 bits per heavy atom. The first-order chi connectivity index (χ1) is 8.64. The van der Waals surface area contributed by atoms with E-state index in [9.17, 15) is 0 Å². The molecule has 1 aliphatic heterocycles. The van der Waals surface area contributed by atoms with Crippen molar-refractivity contribution in [2.45, 2.75) is 32.2 Å². The van der Waals surface area contributed by atoms with Crippen molar-refractivity contribution < 1.29 is 4.74 Å².